The van der Waals surface area contributed by atoms with Crippen molar-refractivity contribution < 1.29 is 10.0 Å². The maximum Gasteiger partial charge on any atom is 0.326 e. The van der Waals surface area contributed by atoms with Crippen LogP contribution in [0.2, 0.25) is 10.0 Å². The van der Waals surface area contributed by atoms with Crippen molar-refractivity contribution in [2.24, 2.45) is 0 Å². The fraction of sp³-hybridized carbons (Fsp3) is 0.214. The van der Waals surface area contributed by atoms with Crippen LogP contribution in [0, 0.1) is 0 Å². The van der Waals surface area contributed by atoms with E-state index >= 15 is 0 Å². The smallest absolute Gasteiger partial charge is 0.308 e. The van der Waals surface area contributed by atoms with E-state index in [9.17, 15) is 4.79 Å². The molecule has 1 heterocycles. The van der Waals surface area contributed by atoms with E-state index in [1.165, 1.54) is 6.07 Å². The first-order chi connectivity index (χ1) is 11.0. The number of carbonyl (C=O) groups is 1. The van der Waals surface area contributed by atoms with Crippen LogP contribution in [0.15, 0.2) is 24.3 Å². The summed E-state index contributed by atoms with van der Waals surface area (Å²) in [5, 5.41) is 14.9. The number of aromatic nitrogens is 2. The third kappa shape index (κ3) is 4.01. The quantitative estimate of drug-likeness (QED) is 0.620. The van der Waals surface area contributed by atoms with E-state index in [1.807, 2.05) is 5.48 Å². The van der Waals surface area contributed by atoms with E-state index in [2.05, 4.69) is 20.6 Å². The molecule has 1 aromatic carbocycles. The third-order valence-corrected chi connectivity index (χ3v) is 4.00. The van der Waals surface area contributed by atoms with Gasteiger partial charge in [-0.3, -0.25) is 16.0 Å². The summed E-state index contributed by atoms with van der Waals surface area (Å²) in [5.74, 6) is 0.680. The lowest BCUT2D eigenvalue weighted by Crippen LogP contribution is -2.21. The molecule has 0 aliphatic heterocycles. The number of carbonyl (C=O) groups excluding carboxylic acids is 1. The van der Waals surface area contributed by atoms with Crippen LogP contribution >= 0.6 is 23.2 Å². The number of urea groups is 1. The van der Waals surface area contributed by atoms with Crippen molar-refractivity contribution in [1.82, 2.24) is 9.97 Å². The van der Waals surface area contributed by atoms with Crippen molar-refractivity contribution in [3.05, 3.63) is 40.0 Å². The molecule has 1 saturated carbocycles. The molecule has 3 rings (SSSR count). The van der Waals surface area contributed by atoms with E-state index in [0.717, 1.165) is 18.5 Å². The summed E-state index contributed by atoms with van der Waals surface area (Å²) in [7, 11) is 0. The molecular weight excluding hydrogens is 341 g/mol. The Balaban J connectivity index is 1.71. The predicted octanol–water partition coefficient (Wildman–Crippen LogP) is 4.11. The van der Waals surface area contributed by atoms with Crippen LogP contribution in [0.25, 0.3) is 0 Å². The lowest BCUT2D eigenvalue weighted by atomic mass is 10.3. The Morgan fingerprint density at radius 2 is 1.91 bits per heavy atom. The number of halogens is 2. The van der Waals surface area contributed by atoms with Crippen LogP contribution in [0.3, 0.4) is 0 Å². The van der Waals surface area contributed by atoms with Gasteiger partial charge >= 0.3 is 6.03 Å². The summed E-state index contributed by atoms with van der Waals surface area (Å²) >= 11 is 11.7. The fourth-order valence-corrected chi connectivity index (χ4v) is 2.30. The molecular formula is C14H13Cl2N5O2. The maximum absolute atomic E-state index is 12.0. The van der Waals surface area contributed by atoms with Gasteiger partial charge in [-0.15, -0.1) is 0 Å². The lowest BCUT2D eigenvalue weighted by Gasteiger charge is -2.09. The van der Waals surface area contributed by atoms with E-state index in [4.69, 9.17) is 28.4 Å². The number of anilines is 3. The summed E-state index contributed by atoms with van der Waals surface area (Å²) in [4.78, 5) is 20.3. The van der Waals surface area contributed by atoms with Crippen LogP contribution in [0.4, 0.5) is 22.2 Å². The Bertz CT molecular complexity index is 752. The zero-order valence-electron chi connectivity index (χ0n) is 11.8. The fourth-order valence-electron chi connectivity index (χ4n) is 2.01. The molecule has 1 fully saturated rings. The molecule has 7 nitrogen and oxygen atoms in total. The van der Waals surface area contributed by atoms with Gasteiger partial charge in [0.25, 0.3) is 0 Å². The van der Waals surface area contributed by atoms with Gasteiger partial charge < -0.3 is 5.32 Å². The number of benzene rings is 1. The number of rotatable bonds is 4. The average molecular weight is 354 g/mol. The second kappa shape index (κ2) is 6.57. The highest BCUT2D eigenvalue weighted by molar-refractivity contribution is 6.42. The van der Waals surface area contributed by atoms with Crippen molar-refractivity contribution in [3.8, 4) is 0 Å². The second-order valence-electron chi connectivity index (χ2n) is 5.10. The van der Waals surface area contributed by atoms with Gasteiger partial charge in [0.2, 0.25) is 5.95 Å². The zero-order valence-corrected chi connectivity index (χ0v) is 13.3. The Morgan fingerprint density at radius 1 is 1.13 bits per heavy atom. The highest BCUT2D eigenvalue weighted by atomic mass is 35.5. The molecule has 2 aromatic rings. The summed E-state index contributed by atoms with van der Waals surface area (Å²) in [6.07, 6.45) is 2.08. The number of hydrogen-bond donors (Lipinski definition) is 4. The van der Waals surface area contributed by atoms with Gasteiger partial charge in [-0.1, -0.05) is 23.2 Å². The Morgan fingerprint density at radius 3 is 2.57 bits per heavy atom. The van der Waals surface area contributed by atoms with E-state index in [1.54, 1.807) is 18.2 Å². The highest BCUT2D eigenvalue weighted by Gasteiger charge is 2.26. The predicted molar refractivity (Wildman–Crippen MR) is 88.5 cm³/mol. The minimum atomic E-state index is -0.528. The summed E-state index contributed by atoms with van der Waals surface area (Å²) in [6, 6.07) is 5.86. The molecule has 2 amide bonds. The molecule has 120 valence electrons. The first-order valence-electron chi connectivity index (χ1n) is 6.87. The van der Waals surface area contributed by atoms with Gasteiger partial charge in [-0.05, 0) is 31.0 Å². The monoisotopic (exact) mass is 353 g/mol. The van der Waals surface area contributed by atoms with Crippen LogP contribution in [-0.2, 0) is 0 Å². The molecule has 23 heavy (non-hydrogen) atoms. The summed E-state index contributed by atoms with van der Waals surface area (Å²) in [6.45, 7) is 0. The largest absolute Gasteiger partial charge is 0.326 e. The minimum Gasteiger partial charge on any atom is -0.308 e. The van der Waals surface area contributed by atoms with Gasteiger partial charge in [0.05, 0.1) is 15.7 Å². The maximum atomic E-state index is 12.0. The first kappa shape index (κ1) is 15.8. The first-order valence-corrected chi connectivity index (χ1v) is 7.63. The van der Waals surface area contributed by atoms with Gasteiger partial charge in [0.15, 0.2) is 5.82 Å². The molecule has 1 aliphatic carbocycles. The lowest BCUT2D eigenvalue weighted by molar-refractivity contribution is 0.262. The molecule has 0 saturated heterocycles. The Labute approximate surface area is 142 Å². The molecule has 4 N–H and O–H groups in total. The van der Waals surface area contributed by atoms with E-state index in [0.29, 0.717) is 21.7 Å². The van der Waals surface area contributed by atoms with Gasteiger partial charge in [-0.25, -0.2) is 9.78 Å². The number of nitrogens with one attached hydrogen (secondary N) is 3. The summed E-state index contributed by atoms with van der Waals surface area (Å²) in [5.41, 5.74) is 3.23. The van der Waals surface area contributed by atoms with E-state index in [-0.39, 0.29) is 11.8 Å². The average Bonchev–Trinajstić information content (AvgIpc) is 3.35. The van der Waals surface area contributed by atoms with Crippen molar-refractivity contribution in [2.75, 3.05) is 16.1 Å². The molecule has 0 atom stereocenters. The van der Waals surface area contributed by atoms with Crippen LogP contribution in [-0.4, -0.2) is 21.2 Å². The SMILES string of the molecule is O=C(Nc1ccc(Cl)c(Cl)c1)Nc1nc(NO)cc(C2CC2)n1. The van der Waals surface area contributed by atoms with Gasteiger partial charge in [0, 0.05) is 17.7 Å². The highest BCUT2D eigenvalue weighted by Crippen LogP contribution is 2.39. The molecule has 0 unspecified atom stereocenters. The van der Waals surface area contributed by atoms with Crippen LogP contribution in [0.5, 0.6) is 0 Å². The molecule has 1 aromatic heterocycles. The standard InChI is InChI=1S/C14H13Cl2N5O2/c15-9-4-3-8(5-10(9)16)17-14(22)20-13-18-11(7-1-2-7)6-12(19-13)21-23/h3-7,23H,1-2H2,(H3,17,18,19,20,21,22). The Hall–Kier alpha value is -2.09. The second-order valence-corrected chi connectivity index (χ2v) is 5.91. The summed E-state index contributed by atoms with van der Waals surface area (Å²) < 4.78 is 0. The molecule has 0 spiro atoms. The molecule has 9 heteroatoms. The van der Waals surface area contributed by atoms with Gasteiger partial charge in [0.1, 0.15) is 0 Å². The number of amides is 2. The van der Waals surface area contributed by atoms with Crippen molar-refractivity contribution >= 4 is 46.7 Å². The van der Waals surface area contributed by atoms with Crippen LogP contribution < -0.4 is 16.1 Å². The number of hydrogen-bond acceptors (Lipinski definition) is 5. The van der Waals surface area contributed by atoms with E-state index < -0.39 is 6.03 Å². The molecule has 1 aliphatic rings. The molecule has 0 bridgehead atoms. The Kier molecular flexibility index (Phi) is 4.51. The molecule has 0 radical (unpaired) electrons. The third-order valence-electron chi connectivity index (χ3n) is 3.26. The van der Waals surface area contributed by atoms with Crippen molar-refractivity contribution in [3.63, 3.8) is 0 Å². The number of nitrogens with zero attached hydrogens (tertiary/aromatic N) is 2. The minimum absolute atomic E-state index is 0.100. The van der Waals surface area contributed by atoms with Crippen LogP contribution in [0.1, 0.15) is 24.5 Å². The zero-order chi connectivity index (χ0) is 16.4. The topological polar surface area (TPSA) is 99.2 Å². The van der Waals surface area contributed by atoms with Gasteiger partial charge in [-0.2, -0.15) is 4.98 Å². The van der Waals surface area contributed by atoms with Crippen molar-refractivity contribution in [2.45, 2.75) is 18.8 Å². The van der Waals surface area contributed by atoms with Crippen molar-refractivity contribution in [1.29, 1.82) is 0 Å². The normalized spacial score (nSPS) is 13.5.